The first-order valence-electron chi connectivity index (χ1n) is 5.99. The monoisotopic (exact) mass is 493 g/mol. The van der Waals surface area contributed by atoms with Gasteiger partial charge in [0.25, 0.3) is 0 Å². The molecule has 1 aromatic carbocycles. The summed E-state index contributed by atoms with van der Waals surface area (Å²) >= 11 is 26.7. The van der Waals surface area contributed by atoms with Gasteiger partial charge in [0.05, 0.1) is 20.6 Å². The van der Waals surface area contributed by atoms with E-state index in [4.69, 9.17) is 51.7 Å². The second-order valence-electron chi connectivity index (χ2n) is 4.31. The Hall–Kier alpha value is -1.11. The Labute approximate surface area is 167 Å². The zero-order chi connectivity index (χ0) is 18.9. The van der Waals surface area contributed by atoms with E-state index in [1.54, 1.807) is 0 Å². The quantitative estimate of drug-likeness (QED) is 0.492. The SMILES string of the molecule is N#Cc1nn(-c2c(Cl)cc(OC(F)(F)F)cc2Cl)cc1/C(Cl)=C(\Cl)Br. The maximum absolute atomic E-state index is 12.3. The summed E-state index contributed by atoms with van der Waals surface area (Å²) in [6, 6.07) is 3.64. The highest BCUT2D eigenvalue weighted by Gasteiger charge is 2.32. The molecule has 12 heteroatoms. The lowest BCUT2D eigenvalue weighted by Gasteiger charge is -2.12. The Morgan fingerprint density at radius 3 is 2.24 bits per heavy atom. The van der Waals surface area contributed by atoms with Crippen LogP contribution in [-0.2, 0) is 0 Å². The summed E-state index contributed by atoms with van der Waals surface area (Å²) in [4.78, 5) is 0. The molecule has 0 bridgehead atoms. The molecular formula is C13H3BrCl4F3N3O. The highest BCUT2D eigenvalue weighted by Crippen LogP contribution is 2.37. The predicted octanol–water partition coefficient (Wildman–Crippen LogP) is 6.45. The molecule has 0 atom stereocenters. The van der Waals surface area contributed by atoms with Crippen LogP contribution in [0.15, 0.2) is 22.3 Å². The van der Waals surface area contributed by atoms with Gasteiger partial charge in [0.2, 0.25) is 0 Å². The van der Waals surface area contributed by atoms with E-state index in [1.807, 2.05) is 6.07 Å². The van der Waals surface area contributed by atoms with Crippen LogP contribution in [0, 0.1) is 11.3 Å². The Balaban J connectivity index is 2.57. The smallest absolute Gasteiger partial charge is 0.406 e. The van der Waals surface area contributed by atoms with Crippen molar-refractivity contribution in [3.8, 4) is 17.5 Å². The van der Waals surface area contributed by atoms with Gasteiger partial charge >= 0.3 is 6.36 Å². The Morgan fingerprint density at radius 1 is 1.24 bits per heavy atom. The molecule has 0 saturated heterocycles. The maximum Gasteiger partial charge on any atom is 0.573 e. The minimum atomic E-state index is -4.90. The van der Waals surface area contributed by atoms with Crippen molar-refractivity contribution in [2.75, 3.05) is 0 Å². The first-order chi connectivity index (χ1) is 11.5. The summed E-state index contributed by atoms with van der Waals surface area (Å²) in [5.41, 5.74) is 0.120. The summed E-state index contributed by atoms with van der Waals surface area (Å²) < 4.78 is 41.8. The highest BCUT2D eigenvalue weighted by atomic mass is 79.9. The maximum atomic E-state index is 12.3. The van der Waals surface area contributed by atoms with Gasteiger partial charge in [0.15, 0.2) is 5.69 Å². The molecule has 0 aliphatic heterocycles. The average molecular weight is 496 g/mol. The lowest BCUT2D eigenvalue weighted by molar-refractivity contribution is -0.274. The number of ether oxygens (including phenoxy) is 1. The van der Waals surface area contributed by atoms with Crippen molar-refractivity contribution in [2.45, 2.75) is 6.36 Å². The number of rotatable bonds is 3. The number of benzene rings is 1. The van der Waals surface area contributed by atoms with Crippen molar-refractivity contribution >= 4 is 67.4 Å². The molecule has 132 valence electrons. The number of aromatic nitrogens is 2. The van der Waals surface area contributed by atoms with E-state index >= 15 is 0 Å². The molecule has 0 unspecified atom stereocenters. The molecule has 0 N–H and O–H groups in total. The predicted molar refractivity (Wildman–Crippen MR) is 92.5 cm³/mol. The van der Waals surface area contributed by atoms with Crippen LogP contribution in [-0.4, -0.2) is 16.1 Å². The second-order valence-corrected chi connectivity index (χ2v) is 7.13. The lowest BCUT2D eigenvalue weighted by Crippen LogP contribution is -2.17. The van der Waals surface area contributed by atoms with Crippen molar-refractivity contribution < 1.29 is 17.9 Å². The summed E-state index contributed by atoms with van der Waals surface area (Å²) in [6.07, 6.45) is -3.59. The number of halogens is 8. The standard InChI is InChI=1S/C13H3BrCl4F3N3O/c14-12(18)10(17)6-4-24(23-9(6)3-22)11-7(15)1-5(2-8(11)16)25-13(19,20)21/h1-2,4H/b12-10+. The van der Waals surface area contributed by atoms with E-state index in [0.29, 0.717) is 0 Å². The molecule has 0 radical (unpaired) electrons. The van der Waals surface area contributed by atoms with Crippen LogP contribution in [0.25, 0.3) is 10.7 Å². The summed E-state index contributed by atoms with van der Waals surface area (Å²) in [5.74, 6) is -0.597. The molecule has 4 nitrogen and oxygen atoms in total. The fraction of sp³-hybridized carbons (Fsp3) is 0.0769. The molecule has 0 amide bonds. The van der Waals surface area contributed by atoms with Crippen LogP contribution in [0.3, 0.4) is 0 Å². The molecule has 0 spiro atoms. The molecule has 1 heterocycles. The van der Waals surface area contributed by atoms with Crippen LogP contribution in [0.5, 0.6) is 5.75 Å². The number of alkyl halides is 3. The zero-order valence-corrected chi connectivity index (χ0v) is 16.1. The summed E-state index contributed by atoms with van der Waals surface area (Å²) in [5, 5.41) is 12.7. The van der Waals surface area contributed by atoms with Gasteiger partial charge in [0.1, 0.15) is 21.4 Å². The number of hydrogen-bond acceptors (Lipinski definition) is 3. The fourth-order valence-electron chi connectivity index (χ4n) is 1.79. The highest BCUT2D eigenvalue weighted by molar-refractivity contribution is 9.12. The minimum Gasteiger partial charge on any atom is -0.406 e. The van der Waals surface area contributed by atoms with E-state index in [9.17, 15) is 13.2 Å². The van der Waals surface area contributed by atoms with Gasteiger partial charge in [-0.05, 0) is 15.9 Å². The molecule has 2 rings (SSSR count). The summed E-state index contributed by atoms with van der Waals surface area (Å²) in [7, 11) is 0. The van der Waals surface area contributed by atoms with Gasteiger partial charge < -0.3 is 4.74 Å². The first-order valence-corrected chi connectivity index (χ1v) is 8.30. The molecule has 0 aliphatic carbocycles. The van der Waals surface area contributed by atoms with Crippen molar-refractivity contribution in [3.63, 3.8) is 0 Å². The van der Waals surface area contributed by atoms with Crippen LogP contribution in [0.4, 0.5) is 13.2 Å². The van der Waals surface area contributed by atoms with Gasteiger partial charge in [0, 0.05) is 18.3 Å². The van der Waals surface area contributed by atoms with Gasteiger partial charge in [-0.25, -0.2) is 4.68 Å². The molecule has 0 saturated carbocycles. The third kappa shape index (κ3) is 4.74. The van der Waals surface area contributed by atoms with Crippen molar-refractivity contribution in [2.24, 2.45) is 0 Å². The van der Waals surface area contributed by atoms with Crippen LogP contribution in [0.2, 0.25) is 10.0 Å². The molecule has 2 aromatic rings. The van der Waals surface area contributed by atoms with Crippen LogP contribution in [0.1, 0.15) is 11.3 Å². The van der Waals surface area contributed by atoms with E-state index in [1.165, 1.54) is 6.20 Å². The normalized spacial score (nSPS) is 12.6. The molecule has 0 aliphatic rings. The zero-order valence-electron chi connectivity index (χ0n) is 11.5. The van der Waals surface area contributed by atoms with Crippen molar-refractivity contribution in [1.29, 1.82) is 5.26 Å². The first kappa shape index (κ1) is 20.2. The van der Waals surface area contributed by atoms with E-state index < -0.39 is 12.1 Å². The third-order valence-corrected chi connectivity index (χ3v) is 4.55. The third-order valence-electron chi connectivity index (χ3n) is 2.68. The van der Waals surface area contributed by atoms with Crippen LogP contribution >= 0.6 is 62.3 Å². The van der Waals surface area contributed by atoms with Gasteiger partial charge in [-0.1, -0.05) is 46.4 Å². The molecular weight excluding hydrogens is 493 g/mol. The molecule has 0 fully saturated rings. The largest absolute Gasteiger partial charge is 0.573 e. The number of nitrogens with zero attached hydrogens (tertiary/aromatic N) is 3. The molecule has 25 heavy (non-hydrogen) atoms. The van der Waals surface area contributed by atoms with Gasteiger partial charge in [-0.15, -0.1) is 13.2 Å². The van der Waals surface area contributed by atoms with Gasteiger partial charge in [-0.2, -0.15) is 10.4 Å². The topological polar surface area (TPSA) is 50.8 Å². The fourth-order valence-corrected chi connectivity index (χ4v) is 2.88. The Kier molecular flexibility index (Phi) is 6.17. The average Bonchev–Trinajstić information content (AvgIpc) is 2.87. The minimum absolute atomic E-state index is 0.00809. The molecule has 1 aromatic heterocycles. The van der Waals surface area contributed by atoms with Crippen molar-refractivity contribution in [1.82, 2.24) is 9.78 Å². The second kappa shape index (κ2) is 7.64. The van der Waals surface area contributed by atoms with Crippen LogP contribution < -0.4 is 4.74 Å². The summed E-state index contributed by atoms with van der Waals surface area (Å²) in [6.45, 7) is 0. The van der Waals surface area contributed by atoms with E-state index in [2.05, 4.69) is 25.8 Å². The number of nitriles is 1. The van der Waals surface area contributed by atoms with Crippen molar-refractivity contribution in [3.05, 3.63) is 43.6 Å². The van der Waals surface area contributed by atoms with E-state index in [-0.39, 0.29) is 36.0 Å². The Morgan fingerprint density at radius 2 is 1.80 bits per heavy atom. The number of hydrogen-bond donors (Lipinski definition) is 0. The lowest BCUT2D eigenvalue weighted by atomic mass is 10.2. The Bertz CT molecular complexity index is 878. The van der Waals surface area contributed by atoms with E-state index in [0.717, 1.165) is 16.8 Å². The van der Waals surface area contributed by atoms with Gasteiger partial charge in [-0.3, -0.25) is 0 Å².